The summed E-state index contributed by atoms with van der Waals surface area (Å²) < 4.78 is 0. The normalized spacial score (nSPS) is 26.2. The Kier molecular flexibility index (Phi) is 5.59. The molecular weight excluding hydrogens is 320 g/mol. The van der Waals surface area contributed by atoms with E-state index in [1.165, 1.54) is 0 Å². The van der Waals surface area contributed by atoms with Gasteiger partial charge in [-0.05, 0) is 44.7 Å². The summed E-state index contributed by atoms with van der Waals surface area (Å²) in [6.45, 7) is 3.67. The first-order valence-corrected chi connectivity index (χ1v) is 10.0. The summed E-state index contributed by atoms with van der Waals surface area (Å²) in [5.74, 6) is 0.345. The highest BCUT2D eigenvalue weighted by Gasteiger charge is 2.40. The zero-order valence-corrected chi connectivity index (χ0v) is 15.6. The second-order valence-electron chi connectivity index (χ2n) is 7.19. The molecule has 0 bridgehead atoms. The molecule has 2 aliphatic rings. The van der Waals surface area contributed by atoms with Crippen LogP contribution in [-0.2, 0) is 4.79 Å². The summed E-state index contributed by atoms with van der Waals surface area (Å²) in [5, 5.41) is 0. The van der Waals surface area contributed by atoms with E-state index in [9.17, 15) is 9.59 Å². The summed E-state index contributed by atoms with van der Waals surface area (Å²) >= 11 is 1.56. The molecule has 2 amide bonds. The standard InChI is InChI=1S/C19H28N2O2S/c1-14-10-11-17(24-14)19(23)21-13-6-4-3-5-12-20(2)18(22)15-8-7-9-16(15)21/h10-11,15-16H,3-9,12-13H2,1-2H3. The number of carbonyl (C=O) groups is 2. The van der Waals surface area contributed by atoms with Crippen molar-refractivity contribution in [3.05, 3.63) is 21.9 Å². The summed E-state index contributed by atoms with van der Waals surface area (Å²) in [4.78, 5) is 31.9. The lowest BCUT2D eigenvalue weighted by atomic mass is 9.99. The first-order chi connectivity index (χ1) is 11.6. The molecule has 2 unspecified atom stereocenters. The van der Waals surface area contributed by atoms with Gasteiger partial charge in [0, 0.05) is 31.1 Å². The SMILES string of the molecule is Cc1ccc(C(=O)N2CCCCCCN(C)C(=O)C3CCCC32)s1. The highest BCUT2D eigenvalue weighted by Crippen LogP contribution is 2.33. The minimum absolute atomic E-state index is 0.0156. The predicted octanol–water partition coefficient (Wildman–Crippen LogP) is 3.70. The summed E-state index contributed by atoms with van der Waals surface area (Å²) in [6, 6.07) is 4.02. The second-order valence-corrected chi connectivity index (χ2v) is 8.48. The summed E-state index contributed by atoms with van der Waals surface area (Å²) in [6.07, 6.45) is 7.29. The molecule has 132 valence electrons. The zero-order chi connectivity index (χ0) is 17.1. The lowest BCUT2D eigenvalue weighted by molar-refractivity contribution is -0.135. The number of rotatable bonds is 1. The monoisotopic (exact) mass is 348 g/mol. The van der Waals surface area contributed by atoms with Gasteiger partial charge >= 0.3 is 0 Å². The smallest absolute Gasteiger partial charge is 0.264 e. The summed E-state index contributed by atoms with van der Waals surface area (Å²) in [7, 11) is 1.92. The van der Waals surface area contributed by atoms with Gasteiger partial charge in [0.1, 0.15) is 0 Å². The molecular formula is C19H28N2O2S. The summed E-state index contributed by atoms with van der Waals surface area (Å²) in [5.41, 5.74) is 0. The molecule has 1 aliphatic carbocycles. The van der Waals surface area contributed by atoms with Gasteiger partial charge in [0.15, 0.2) is 0 Å². The molecule has 3 rings (SSSR count). The van der Waals surface area contributed by atoms with E-state index in [2.05, 4.69) is 0 Å². The first-order valence-electron chi connectivity index (χ1n) is 9.20. The number of nitrogens with zero attached hydrogens (tertiary/aromatic N) is 2. The lowest BCUT2D eigenvalue weighted by Gasteiger charge is -2.33. The van der Waals surface area contributed by atoms with Crippen LogP contribution in [0, 0.1) is 12.8 Å². The molecule has 1 aromatic heterocycles. The van der Waals surface area contributed by atoms with Crippen molar-refractivity contribution in [3.63, 3.8) is 0 Å². The number of thiophene rings is 1. The van der Waals surface area contributed by atoms with E-state index < -0.39 is 0 Å². The van der Waals surface area contributed by atoms with Gasteiger partial charge in [-0.1, -0.05) is 19.3 Å². The maximum absolute atomic E-state index is 13.1. The Morgan fingerprint density at radius 2 is 1.83 bits per heavy atom. The highest BCUT2D eigenvalue weighted by molar-refractivity contribution is 7.13. The quantitative estimate of drug-likeness (QED) is 0.776. The maximum atomic E-state index is 13.1. The molecule has 0 N–H and O–H groups in total. The van der Waals surface area contributed by atoms with Crippen LogP contribution >= 0.6 is 11.3 Å². The minimum Gasteiger partial charge on any atom is -0.345 e. The first kappa shape index (κ1) is 17.5. The highest BCUT2D eigenvalue weighted by atomic mass is 32.1. The van der Waals surface area contributed by atoms with Crippen LogP contribution in [-0.4, -0.2) is 47.8 Å². The Hall–Kier alpha value is -1.36. The van der Waals surface area contributed by atoms with Crippen LogP contribution in [0.1, 0.15) is 59.5 Å². The minimum atomic E-state index is -0.0156. The average molecular weight is 349 g/mol. The molecule has 2 fully saturated rings. The van der Waals surface area contributed by atoms with Crippen molar-refractivity contribution in [2.45, 2.75) is 57.9 Å². The molecule has 24 heavy (non-hydrogen) atoms. The molecule has 2 atom stereocenters. The number of hydrogen-bond acceptors (Lipinski definition) is 3. The van der Waals surface area contributed by atoms with E-state index in [1.54, 1.807) is 11.3 Å². The third-order valence-corrected chi connectivity index (χ3v) is 6.42. The van der Waals surface area contributed by atoms with Crippen LogP contribution in [0.15, 0.2) is 12.1 Å². The topological polar surface area (TPSA) is 40.6 Å². The van der Waals surface area contributed by atoms with Crippen LogP contribution in [0.4, 0.5) is 0 Å². The Bertz CT molecular complexity index is 598. The fraction of sp³-hybridized carbons (Fsp3) is 0.684. The van der Waals surface area contributed by atoms with E-state index >= 15 is 0 Å². The van der Waals surface area contributed by atoms with Gasteiger partial charge in [-0.25, -0.2) is 0 Å². The number of amides is 2. The Morgan fingerprint density at radius 1 is 1.08 bits per heavy atom. The van der Waals surface area contributed by atoms with Gasteiger partial charge in [0.25, 0.3) is 5.91 Å². The molecule has 1 saturated heterocycles. The molecule has 5 heteroatoms. The zero-order valence-electron chi connectivity index (χ0n) is 14.8. The van der Waals surface area contributed by atoms with Gasteiger partial charge < -0.3 is 9.80 Å². The fourth-order valence-corrected chi connectivity index (χ4v) is 4.91. The van der Waals surface area contributed by atoms with Crippen molar-refractivity contribution in [2.75, 3.05) is 20.1 Å². The van der Waals surface area contributed by atoms with E-state index in [0.717, 1.165) is 67.8 Å². The maximum Gasteiger partial charge on any atom is 0.264 e. The Labute approximate surface area is 148 Å². The van der Waals surface area contributed by atoms with Crippen LogP contribution in [0.2, 0.25) is 0 Å². The van der Waals surface area contributed by atoms with Gasteiger partial charge in [0.2, 0.25) is 5.91 Å². The van der Waals surface area contributed by atoms with E-state index in [-0.39, 0.29) is 23.8 Å². The van der Waals surface area contributed by atoms with Crippen molar-refractivity contribution in [1.82, 2.24) is 9.80 Å². The Balaban J connectivity index is 1.86. The van der Waals surface area contributed by atoms with Crippen LogP contribution in [0.5, 0.6) is 0 Å². The molecule has 2 heterocycles. The van der Waals surface area contributed by atoms with E-state index in [4.69, 9.17) is 0 Å². The molecule has 0 spiro atoms. The molecule has 1 aromatic rings. The van der Waals surface area contributed by atoms with Crippen molar-refractivity contribution < 1.29 is 9.59 Å². The predicted molar refractivity (Wildman–Crippen MR) is 97.3 cm³/mol. The number of hydrogen-bond donors (Lipinski definition) is 0. The molecule has 0 aromatic carbocycles. The molecule has 4 nitrogen and oxygen atoms in total. The van der Waals surface area contributed by atoms with Crippen LogP contribution < -0.4 is 0 Å². The van der Waals surface area contributed by atoms with Gasteiger partial charge in [-0.2, -0.15) is 0 Å². The van der Waals surface area contributed by atoms with Gasteiger partial charge in [-0.3, -0.25) is 9.59 Å². The number of carbonyl (C=O) groups excluding carboxylic acids is 2. The third-order valence-electron chi connectivity index (χ3n) is 5.43. The van der Waals surface area contributed by atoms with E-state index in [0.29, 0.717) is 0 Å². The van der Waals surface area contributed by atoms with Crippen molar-refractivity contribution in [3.8, 4) is 0 Å². The van der Waals surface area contributed by atoms with Crippen LogP contribution in [0.3, 0.4) is 0 Å². The largest absolute Gasteiger partial charge is 0.345 e. The van der Waals surface area contributed by atoms with Gasteiger partial charge in [-0.15, -0.1) is 11.3 Å². The second kappa shape index (κ2) is 7.68. The number of aryl methyl sites for hydroxylation is 1. The lowest BCUT2D eigenvalue weighted by Crippen LogP contribution is -2.47. The molecule has 1 saturated carbocycles. The van der Waals surface area contributed by atoms with Crippen molar-refractivity contribution in [1.29, 1.82) is 0 Å². The van der Waals surface area contributed by atoms with Crippen molar-refractivity contribution in [2.24, 2.45) is 5.92 Å². The Morgan fingerprint density at radius 3 is 2.54 bits per heavy atom. The van der Waals surface area contributed by atoms with E-state index in [1.807, 2.05) is 35.9 Å². The van der Waals surface area contributed by atoms with Crippen LogP contribution in [0.25, 0.3) is 0 Å². The molecule has 0 radical (unpaired) electrons. The average Bonchev–Trinajstić information content (AvgIpc) is 3.21. The number of fused-ring (bicyclic) bond motifs is 1. The fourth-order valence-electron chi connectivity index (χ4n) is 4.09. The third kappa shape index (κ3) is 3.66. The van der Waals surface area contributed by atoms with Gasteiger partial charge in [0.05, 0.1) is 10.8 Å². The molecule has 1 aliphatic heterocycles. The van der Waals surface area contributed by atoms with Crippen molar-refractivity contribution >= 4 is 23.2 Å².